The van der Waals surface area contributed by atoms with Gasteiger partial charge < -0.3 is 19.3 Å². The van der Waals surface area contributed by atoms with Crippen LogP contribution in [0.5, 0.6) is 0 Å². The molecular weight excluding hydrogens is 348 g/mol. The fourth-order valence-corrected chi connectivity index (χ4v) is 3.10. The Balaban J connectivity index is 2.24. The van der Waals surface area contributed by atoms with Crippen LogP contribution in [0.1, 0.15) is 45.6 Å². The molecule has 1 aliphatic rings. The van der Waals surface area contributed by atoms with Gasteiger partial charge in [-0.3, -0.25) is 9.59 Å². The Labute approximate surface area is 160 Å². The van der Waals surface area contributed by atoms with E-state index in [1.165, 1.54) is 0 Å². The van der Waals surface area contributed by atoms with Crippen molar-refractivity contribution in [3.63, 3.8) is 0 Å². The van der Waals surface area contributed by atoms with Gasteiger partial charge in [-0.15, -0.1) is 0 Å². The number of ether oxygens (including phenoxy) is 2. The van der Waals surface area contributed by atoms with Gasteiger partial charge >= 0.3 is 11.9 Å². The van der Waals surface area contributed by atoms with Gasteiger partial charge in [-0.05, 0) is 33.6 Å². The van der Waals surface area contributed by atoms with Gasteiger partial charge in [-0.25, -0.2) is 4.98 Å². The van der Waals surface area contributed by atoms with E-state index in [9.17, 15) is 9.59 Å². The van der Waals surface area contributed by atoms with Crippen molar-refractivity contribution in [1.29, 1.82) is 0 Å². The first-order valence-corrected chi connectivity index (χ1v) is 9.76. The number of hydrogen-bond acceptors (Lipinski definition) is 8. The quantitative estimate of drug-likeness (QED) is 0.571. The fourth-order valence-electron chi connectivity index (χ4n) is 3.10. The van der Waals surface area contributed by atoms with Crippen LogP contribution in [0, 0.1) is 0 Å². The van der Waals surface area contributed by atoms with Gasteiger partial charge in [0.1, 0.15) is 5.82 Å². The molecule has 1 aromatic heterocycles. The first kappa shape index (κ1) is 20.9. The Morgan fingerprint density at radius 3 is 2.41 bits per heavy atom. The van der Waals surface area contributed by atoms with Crippen molar-refractivity contribution in [3.05, 3.63) is 11.8 Å². The largest absolute Gasteiger partial charge is 0.466 e. The number of aromatic nitrogens is 2. The second-order valence-electron chi connectivity index (χ2n) is 6.33. The number of carbonyl (C=O) groups excluding carboxylic acids is 2. The Morgan fingerprint density at radius 2 is 1.78 bits per heavy atom. The first-order valence-electron chi connectivity index (χ1n) is 9.76. The van der Waals surface area contributed by atoms with Crippen LogP contribution in [0.25, 0.3) is 0 Å². The minimum Gasteiger partial charge on any atom is -0.466 e. The maximum absolute atomic E-state index is 12.0. The van der Waals surface area contributed by atoms with Crippen LogP contribution in [0.4, 0.5) is 11.8 Å². The molecule has 0 radical (unpaired) electrons. The minimum absolute atomic E-state index is 0.110. The monoisotopic (exact) mass is 378 g/mol. The van der Waals surface area contributed by atoms with Crippen LogP contribution >= 0.6 is 0 Å². The van der Waals surface area contributed by atoms with E-state index >= 15 is 0 Å². The summed E-state index contributed by atoms with van der Waals surface area (Å²) in [6.45, 7) is 9.28. The molecule has 2 heterocycles. The second kappa shape index (κ2) is 10.7. The molecule has 1 aromatic rings. The van der Waals surface area contributed by atoms with Crippen molar-refractivity contribution in [2.24, 2.45) is 0 Å². The van der Waals surface area contributed by atoms with Gasteiger partial charge in [0.25, 0.3) is 0 Å². The van der Waals surface area contributed by atoms with E-state index in [0.29, 0.717) is 43.6 Å². The Bertz CT molecular complexity index is 632. The number of anilines is 2. The zero-order chi connectivity index (χ0) is 19.6. The lowest BCUT2D eigenvalue weighted by Crippen LogP contribution is -2.30. The van der Waals surface area contributed by atoms with Crippen LogP contribution in [0.15, 0.2) is 6.20 Å². The van der Waals surface area contributed by atoms with E-state index in [2.05, 4.69) is 9.88 Å². The molecule has 0 spiro atoms. The summed E-state index contributed by atoms with van der Waals surface area (Å²) in [5.74, 6) is 0.811. The molecule has 0 aliphatic carbocycles. The molecule has 150 valence electrons. The number of rotatable bonds is 10. The number of nitrogens with zero attached hydrogens (tertiary/aromatic N) is 4. The van der Waals surface area contributed by atoms with Crippen molar-refractivity contribution in [1.82, 2.24) is 9.97 Å². The number of esters is 2. The molecule has 0 unspecified atom stereocenters. The summed E-state index contributed by atoms with van der Waals surface area (Å²) in [4.78, 5) is 37.1. The maximum atomic E-state index is 12.0. The Kier molecular flexibility index (Phi) is 8.29. The van der Waals surface area contributed by atoms with Crippen LogP contribution in [0.3, 0.4) is 0 Å². The van der Waals surface area contributed by atoms with E-state index in [0.717, 1.165) is 25.9 Å². The predicted molar refractivity (Wildman–Crippen MR) is 103 cm³/mol. The molecule has 0 amide bonds. The van der Waals surface area contributed by atoms with E-state index < -0.39 is 0 Å². The third-order valence-corrected chi connectivity index (χ3v) is 4.43. The zero-order valence-electron chi connectivity index (χ0n) is 16.6. The smallest absolute Gasteiger partial charge is 0.310 e. The lowest BCUT2D eigenvalue weighted by Gasteiger charge is -2.25. The summed E-state index contributed by atoms with van der Waals surface area (Å²) in [5.41, 5.74) is 0.710. The lowest BCUT2D eigenvalue weighted by atomic mass is 10.2. The molecule has 1 aliphatic heterocycles. The van der Waals surface area contributed by atoms with Gasteiger partial charge in [0.05, 0.1) is 26.1 Å². The first-order chi connectivity index (χ1) is 13.1. The standard InChI is InChI=1S/C19H30N4O4/c1-4-22(12-9-16(24)26-5-2)18-15(13-17(25)27-6-3)14-20-19(21-18)23-10-7-8-11-23/h14H,4-13H2,1-3H3. The molecule has 1 fully saturated rings. The molecule has 8 heteroatoms. The highest BCUT2D eigenvalue weighted by Gasteiger charge is 2.21. The molecule has 0 N–H and O–H groups in total. The van der Waals surface area contributed by atoms with Gasteiger partial charge in [-0.1, -0.05) is 0 Å². The third kappa shape index (κ3) is 6.08. The van der Waals surface area contributed by atoms with E-state index in [1.54, 1.807) is 20.0 Å². The molecule has 8 nitrogen and oxygen atoms in total. The molecule has 27 heavy (non-hydrogen) atoms. The van der Waals surface area contributed by atoms with Gasteiger partial charge in [-0.2, -0.15) is 4.98 Å². The molecule has 2 rings (SSSR count). The Morgan fingerprint density at radius 1 is 1.11 bits per heavy atom. The van der Waals surface area contributed by atoms with E-state index in [1.807, 2.05) is 11.8 Å². The van der Waals surface area contributed by atoms with Crippen LogP contribution < -0.4 is 9.80 Å². The van der Waals surface area contributed by atoms with Crippen molar-refractivity contribution < 1.29 is 19.1 Å². The summed E-state index contributed by atoms with van der Waals surface area (Å²) < 4.78 is 10.1. The average Bonchev–Trinajstić information content (AvgIpc) is 3.18. The summed E-state index contributed by atoms with van der Waals surface area (Å²) in [7, 11) is 0. The Hall–Kier alpha value is -2.38. The van der Waals surface area contributed by atoms with Crippen molar-refractivity contribution in [2.75, 3.05) is 49.2 Å². The lowest BCUT2D eigenvalue weighted by molar-refractivity contribution is -0.143. The summed E-state index contributed by atoms with van der Waals surface area (Å²) >= 11 is 0. The normalized spacial score (nSPS) is 13.5. The highest BCUT2D eigenvalue weighted by Crippen LogP contribution is 2.24. The highest BCUT2D eigenvalue weighted by atomic mass is 16.5. The van der Waals surface area contributed by atoms with Gasteiger partial charge in [0.2, 0.25) is 5.95 Å². The summed E-state index contributed by atoms with van der Waals surface area (Å²) in [5, 5.41) is 0. The van der Waals surface area contributed by atoms with Crippen LogP contribution in [-0.2, 0) is 25.5 Å². The summed E-state index contributed by atoms with van der Waals surface area (Å²) in [6, 6.07) is 0. The van der Waals surface area contributed by atoms with Crippen molar-refractivity contribution >= 4 is 23.7 Å². The van der Waals surface area contributed by atoms with Crippen LogP contribution in [0.2, 0.25) is 0 Å². The van der Waals surface area contributed by atoms with E-state index in [-0.39, 0.29) is 24.8 Å². The SMILES string of the molecule is CCOC(=O)CCN(CC)c1nc(N2CCCC2)ncc1CC(=O)OCC. The average molecular weight is 378 g/mol. The number of carbonyl (C=O) groups is 2. The highest BCUT2D eigenvalue weighted by molar-refractivity contribution is 5.75. The second-order valence-corrected chi connectivity index (χ2v) is 6.33. The number of hydrogen-bond donors (Lipinski definition) is 0. The topological polar surface area (TPSA) is 84.9 Å². The van der Waals surface area contributed by atoms with Gasteiger partial charge in [0.15, 0.2) is 0 Å². The van der Waals surface area contributed by atoms with Crippen molar-refractivity contribution in [2.45, 2.75) is 46.5 Å². The molecule has 0 bridgehead atoms. The fraction of sp³-hybridized carbons (Fsp3) is 0.684. The third-order valence-electron chi connectivity index (χ3n) is 4.43. The minimum atomic E-state index is -0.308. The molecule has 1 saturated heterocycles. The molecule has 0 saturated carbocycles. The van der Waals surface area contributed by atoms with E-state index in [4.69, 9.17) is 14.5 Å². The molecule has 0 atom stereocenters. The predicted octanol–water partition coefficient (Wildman–Crippen LogP) is 1.96. The van der Waals surface area contributed by atoms with Crippen molar-refractivity contribution in [3.8, 4) is 0 Å². The maximum Gasteiger partial charge on any atom is 0.310 e. The summed E-state index contributed by atoms with van der Waals surface area (Å²) in [6.07, 6.45) is 4.34. The molecular formula is C19H30N4O4. The van der Waals surface area contributed by atoms with Gasteiger partial charge in [0, 0.05) is 37.9 Å². The zero-order valence-corrected chi connectivity index (χ0v) is 16.6. The molecule has 0 aromatic carbocycles. The van der Waals surface area contributed by atoms with Crippen LogP contribution in [-0.4, -0.2) is 61.3 Å².